The minimum absolute atomic E-state index is 0.682. The molecule has 0 aliphatic heterocycles. The first-order valence-corrected chi connectivity index (χ1v) is 7.40. The largest absolute Gasteiger partial charge is 0.496 e. The summed E-state index contributed by atoms with van der Waals surface area (Å²) in [6.07, 6.45) is 0. The molecule has 4 aromatic rings. The molecule has 1 aromatic heterocycles. The van der Waals surface area contributed by atoms with Crippen molar-refractivity contribution in [3.8, 4) is 16.9 Å². The lowest BCUT2D eigenvalue weighted by Gasteiger charge is -2.10. The molecule has 3 heteroatoms. The van der Waals surface area contributed by atoms with E-state index in [4.69, 9.17) is 20.8 Å². The van der Waals surface area contributed by atoms with Crippen molar-refractivity contribution in [2.24, 2.45) is 0 Å². The normalized spacial score (nSPS) is 11.2. The van der Waals surface area contributed by atoms with Gasteiger partial charge in [0.15, 0.2) is 0 Å². The second-order valence-electron chi connectivity index (χ2n) is 5.10. The quantitative estimate of drug-likeness (QED) is 0.459. The van der Waals surface area contributed by atoms with Gasteiger partial charge in [-0.05, 0) is 29.8 Å². The van der Waals surface area contributed by atoms with Gasteiger partial charge in [-0.1, -0.05) is 48.0 Å². The highest BCUT2D eigenvalue weighted by atomic mass is 35.5. The molecule has 22 heavy (non-hydrogen) atoms. The molecule has 0 radical (unpaired) electrons. The van der Waals surface area contributed by atoms with Crippen molar-refractivity contribution in [1.82, 2.24) is 0 Å². The molecule has 0 unspecified atom stereocenters. The lowest BCUT2D eigenvalue weighted by molar-refractivity contribution is 0.417. The van der Waals surface area contributed by atoms with Crippen LogP contribution in [-0.4, -0.2) is 7.11 Å². The van der Waals surface area contributed by atoms with Gasteiger partial charge in [0.2, 0.25) is 0 Å². The van der Waals surface area contributed by atoms with Crippen molar-refractivity contribution in [3.05, 3.63) is 65.7 Å². The van der Waals surface area contributed by atoms with E-state index in [-0.39, 0.29) is 0 Å². The number of hydrogen-bond donors (Lipinski definition) is 0. The van der Waals surface area contributed by atoms with Crippen LogP contribution >= 0.6 is 11.6 Å². The predicted octanol–water partition coefficient (Wildman–Crippen LogP) is 5.92. The highest BCUT2D eigenvalue weighted by Crippen LogP contribution is 2.43. The van der Waals surface area contributed by atoms with E-state index in [0.717, 1.165) is 38.8 Å². The fourth-order valence-electron chi connectivity index (χ4n) is 2.91. The molecule has 2 nitrogen and oxygen atoms in total. The second kappa shape index (κ2) is 5.08. The van der Waals surface area contributed by atoms with Gasteiger partial charge in [0.25, 0.3) is 0 Å². The van der Waals surface area contributed by atoms with Crippen molar-refractivity contribution in [2.45, 2.75) is 0 Å². The second-order valence-corrected chi connectivity index (χ2v) is 5.50. The van der Waals surface area contributed by atoms with Crippen LogP contribution in [0.5, 0.6) is 5.75 Å². The molecule has 0 saturated carbocycles. The zero-order valence-electron chi connectivity index (χ0n) is 12.0. The monoisotopic (exact) mass is 308 g/mol. The first-order chi connectivity index (χ1) is 10.8. The number of methoxy groups -OCH3 is 1. The smallest absolute Gasteiger partial charge is 0.136 e. The van der Waals surface area contributed by atoms with Crippen LogP contribution in [0.1, 0.15) is 0 Å². The molecule has 108 valence electrons. The van der Waals surface area contributed by atoms with Crippen molar-refractivity contribution >= 4 is 33.5 Å². The summed E-state index contributed by atoms with van der Waals surface area (Å²) in [5.74, 6) is 0.807. The molecule has 1 heterocycles. The Labute approximate surface area is 132 Å². The van der Waals surface area contributed by atoms with E-state index in [1.807, 2.05) is 48.5 Å². The van der Waals surface area contributed by atoms with Crippen LogP contribution in [0.15, 0.2) is 65.1 Å². The molecule has 0 aliphatic rings. The van der Waals surface area contributed by atoms with Gasteiger partial charge in [-0.15, -0.1) is 0 Å². The average Bonchev–Trinajstić information content (AvgIpc) is 2.94. The summed E-state index contributed by atoms with van der Waals surface area (Å²) >= 11 is 6.43. The Balaban J connectivity index is 2.23. The van der Waals surface area contributed by atoms with Gasteiger partial charge in [-0.3, -0.25) is 0 Å². The SMILES string of the molecule is COc1ccc2oc3cccc(Cl)c3c2c1-c1ccccc1. The van der Waals surface area contributed by atoms with Crippen molar-refractivity contribution in [3.63, 3.8) is 0 Å². The molecular formula is C19H13ClO2. The Bertz CT molecular complexity index is 971. The van der Waals surface area contributed by atoms with Crippen LogP contribution in [0.25, 0.3) is 33.1 Å². The minimum Gasteiger partial charge on any atom is -0.496 e. The molecule has 0 N–H and O–H groups in total. The van der Waals surface area contributed by atoms with Gasteiger partial charge in [-0.2, -0.15) is 0 Å². The fourth-order valence-corrected chi connectivity index (χ4v) is 3.17. The summed E-state index contributed by atoms with van der Waals surface area (Å²) in [5, 5.41) is 2.60. The number of furan rings is 1. The molecular weight excluding hydrogens is 296 g/mol. The highest BCUT2D eigenvalue weighted by Gasteiger charge is 2.18. The maximum atomic E-state index is 6.43. The Hall–Kier alpha value is -2.45. The van der Waals surface area contributed by atoms with E-state index in [1.165, 1.54) is 0 Å². The molecule has 0 fully saturated rings. The summed E-state index contributed by atoms with van der Waals surface area (Å²) in [7, 11) is 1.68. The lowest BCUT2D eigenvalue weighted by Crippen LogP contribution is -1.88. The Kier molecular flexibility index (Phi) is 3.05. The molecule has 4 rings (SSSR count). The minimum atomic E-state index is 0.682. The molecule has 0 bridgehead atoms. The number of hydrogen-bond acceptors (Lipinski definition) is 2. The third-order valence-corrected chi connectivity index (χ3v) is 4.17. The average molecular weight is 309 g/mol. The molecule has 3 aromatic carbocycles. The summed E-state index contributed by atoms with van der Waals surface area (Å²) in [4.78, 5) is 0. The van der Waals surface area contributed by atoms with Crippen molar-refractivity contribution in [2.75, 3.05) is 7.11 Å². The van der Waals surface area contributed by atoms with Crippen LogP contribution in [0.2, 0.25) is 5.02 Å². The molecule has 0 aliphatic carbocycles. The third kappa shape index (κ3) is 1.88. The maximum Gasteiger partial charge on any atom is 0.136 e. The summed E-state index contributed by atoms with van der Waals surface area (Å²) in [5.41, 5.74) is 3.68. The zero-order chi connectivity index (χ0) is 15.1. The van der Waals surface area contributed by atoms with Gasteiger partial charge in [0.1, 0.15) is 16.9 Å². The highest BCUT2D eigenvalue weighted by molar-refractivity contribution is 6.38. The first-order valence-electron chi connectivity index (χ1n) is 7.02. The number of rotatable bonds is 2. The number of ether oxygens (including phenoxy) is 1. The fraction of sp³-hybridized carbons (Fsp3) is 0.0526. The van der Waals surface area contributed by atoms with Crippen molar-refractivity contribution < 1.29 is 9.15 Å². The molecule has 0 saturated heterocycles. The summed E-state index contributed by atoms with van der Waals surface area (Å²) < 4.78 is 11.5. The molecule has 0 amide bonds. The van der Waals surface area contributed by atoms with Gasteiger partial charge in [0.05, 0.1) is 12.1 Å². The Morgan fingerprint density at radius 2 is 1.59 bits per heavy atom. The lowest BCUT2D eigenvalue weighted by atomic mass is 9.98. The predicted molar refractivity (Wildman–Crippen MR) is 90.7 cm³/mol. The van der Waals surface area contributed by atoms with Gasteiger partial charge in [0, 0.05) is 16.3 Å². The van der Waals surface area contributed by atoms with E-state index in [2.05, 4.69) is 12.1 Å². The first kappa shape index (κ1) is 13.2. The van der Waals surface area contributed by atoms with Crippen LogP contribution in [0.3, 0.4) is 0 Å². The van der Waals surface area contributed by atoms with Gasteiger partial charge < -0.3 is 9.15 Å². The van der Waals surface area contributed by atoms with Gasteiger partial charge in [-0.25, -0.2) is 0 Å². The van der Waals surface area contributed by atoms with Crippen LogP contribution < -0.4 is 4.74 Å². The number of benzene rings is 3. The zero-order valence-corrected chi connectivity index (χ0v) is 12.7. The van der Waals surface area contributed by atoms with Crippen LogP contribution in [-0.2, 0) is 0 Å². The summed E-state index contributed by atoms with van der Waals surface area (Å²) in [6.45, 7) is 0. The van der Waals surface area contributed by atoms with E-state index in [0.29, 0.717) is 5.02 Å². The topological polar surface area (TPSA) is 22.4 Å². The number of fused-ring (bicyclic) bond motifs is 3. The Morgan fingerprint density at radius 3 is 2.36 bits per heavy atom. The number of halogens is 1. The summed E-state index contributed by atoms with van der Waals surface area (Å²) in [6, 6.07) is 19.7. The standard InChI is InChI=1S/C19H13ClO2/c1-21-14-10-11-16-19(17(14)12-6-3-2-4-7-12)18-13(20)8-5-9-15(18)22-16/h2-11H,1H3. The van der Waals surface area contributed by atoms with E-state index in [9.17, 15) is 0 Å². The Morgan fingerprint density at radius 1 is 0.818 bits per heavy atom. The van der Waals surface area contributed by atoms with Crippen LogP contribution in [0.4, 0.5) is 0 Å². The maximum absolute atomic E-state index is 6.43. The van der Waals surface area contributed by atoms with E-state index < -0.39 is 0 Å². The van der Waals surface area contributed by atoms with Crippen LogP contribution in [0, 0.1) is 0 Å². The van der Waals surface area contributed by atoms with Gasteiger partial charge >= 0.3 is 0 Å². The van der Waals surface area contributed by atoms with E-state index >= 15 is 0 Å². The molecule has 0 spiro atoms. The van der Waals surface area contributed by atoms with Crippen molar-refractivity contribution in [1.29, 1.82) is 0 Å². The third-order valence-electron chi connectivity index (χ3n) is 3.86. The molecule has 0 atom stereocenters. The van der Waals surface area contributed by atoms with E-state index in [1.54, 1.807) is 7.11 Å².